The van der Waals surface area contributed by atoms with Crippen LogP contribution in [0.25, 0.3) is 88.6 Å². The van der Waals surface area contributed by atoms with E-state index in [1.165, 1.54) is 49.3 Å². The fourth-order valence-corrected chi connectivity index (χ4v) is 7.60. The second-order valence-corrected chi connectivity index (χ2v) is 12.4. The summed E-state index contributed by atoms with van der Waals surface area (Å²) < 4.78 is 4.69. The summed E-state index contributed by atoms with van der Waals surface area (Å²) in [4.78, 5) is 5.25. The minimum Gasteiger partial charge on any atom is -0.309 e. The maximum Gasteiger partial charge on any atom is 0.145 e. The molecule has 0 atom stereocenters. The molecule has 48 heavy (non-hydrogen) atoms. The van der Waals surface area contributed by atoms with Gasteiger partial charge in [0, 0.05) is 27.7 Å². The minimum atomic E-state index is 0.939. The molecule has 10 aromatic rings. The molecule has 2 aromatic heterocycles. The summed E-state index contributed by atoms with van der Waals surface area (Å²) in [6.45, 7) is 0. The van der Waals surface area contributed by atoms with Crippen LogP contribution < -0.4 is 0 Å². The lowest BCUT2D eigenvalue weighted by Crippen LogP contribution is -1.97. The van der Waals surface area contributed by atoms with E-state index in [1.807, 2.05) is 0 Å². The summed E-state index contributed by atoms with van der Waals surface area (Å²) >= 11 is 0. The van der Waals surface area contributed by atoms with Crippen molar-refractivity contribution in [1.82, 2.24) is 14.1 Å². The van der Waals surface area contributed by atoms with E-state index >= 15 is 0 Å². The van der Waals surface area contributed by atoms with Gasteiger partial charge in [0.25, 0.3) is 0 Å². The van der Waals surface area contributed by atoms with Crippen LogP contribution in [0.2, 0.25) is 0 Å². The predicted molar refractivity (Wildman–Crippen MR) is 200 cm³/mol. The standard InChI is InChI=1S/C45H29N3/c1-5-13-30(14-6-1)35-24-27-41-43-37(35)22-23-38-36(25-28-42(44(38)43)47(41)33-17-9-3-10-18-33)32-21-26-40-39(29-32)46-45(31-15-7-2-8-16-31)48(40)34-19-11-4-12-20-34/h1-29H. The highest BCUT2D eigenvalue weighted by molar-refractivity contribution is 6.28. The smallest absolute Gasteiger partial charge is 0.145 e. The molecule has 0 aliphatic heterocycles. The first-order valence-corrected chi connectivity index (χ1v) is 16.4. The van der Waals surface area contributed by atoms with Crippen LogP contribution in [0.4, 0.5) is 0 Å². The molecule has 8 aromatic carbocycles. The van der Waals surface area contributed by atoms with E-state index in [1.54, 1.807) is 0 Å². The molecule has 0 spiro atoms. The quantitative estimate of drug-likeness (QED) is 0.178. The van der Waals surface area contributed by atoms with Gasteiger partial charge in [0.2, 0.25) is 0 Å². The average molecular weight is 612 g/mol. The summed E-state index contributed by atoms with van der Waals surface area (Å²) in [6, 6.07) is 63.0. The zero-order chi connectivity index (χ0) is 31.6. The molecule has 0 aliphatic rings. The fraction of sp³-hybridized carbons (Fsp3) is 0. The van der Waals surface area contributed by atoms with Gasteiger partial charge in [-0.25, -0.2) is 4.98 Å². The molecule has 0 saturated heterocycles. The van der Waals surface area contributed by atoms with Gasteiger partial charge in [0.15, 0.2) is 0 Å². The minimum absolute atomic E-state index is 0.939. The van der Waals surface area contributed by atoms with Gasteiger partial charge in [-0.2, -0.15) is 0 Å². The summed E-state index contributed by atoms with van der Waals surface area (Å²) in [6.07, 6.45) is 0. The SMILES string of the molecule is c1ccc(-c2ccc3c4c2ccc2c(-c5ccc6c(c5)nc(-c5ccccc5)n6-c5ccccc5)ccc(c24)n3-c2ccccc2)cc1. The van der Waals surface area contributed by atoms with Crippen LogP contribution in [-0.2, 0) is 0 Å². The van der Waals surface area contributed by atoms with Gasteiger partial charge in [-0.1, -0.05) is 127 Å². The Hall–Kier alpha value is -6.45. The Morgan fingerprint density at radius 3 is 1.42 bits per heavy atom. The number of fused-ring (bicyclic) bond motifs is 1. The van der Waals surface area contributed by atoms with E-state index < -0.39 is 0 Å². The summed E-state index contributed by atoms with van der Waals surface area (Å²) in [5.41, 5.74) is 12.7. The zero-order valence-corrected chi connectivity index (χ0v) is 26.1. The normalized spacial score (nSPS) is 11.8. The van der Waals surface area contributed by atoms with Crippen molar-refractivity contribution in [2.24, 2.45) is 0 Å². The number of para-hydroxylation sites is 2. The van der Waals surface area contributed by atoms with Crippen molar-refractivity contribution in [3.8, 4) is 45.0 Å². The molecular formula is C45H29N3. The average Bonchev–Trinajstić information content (AvgIpc) is 3.72. The number of imidazole rings is 1. The third-order valence-electron chi connectivity index (χ3n) is 9.71. The summed E-state index contributed by atoms with van der Waals surface area (Å²) in [7, 11) is 0. The number of hydrogen-bond acceptors (Lipinski definition) is 1. The third-order valence-corrected chi connectivity index (χ3v) is 9.71. The van der Waals surface area contributed by atoms with Gasteiger partial charge < -0.3 is 4.57 Å². The van der Waals surface area contributed by atoms with Gasteiger partial charge in [0.1, 0.15) is 5.82 Å². The number of aromatic nitrogens is 3. The first-order valence-electron chi connectivity index (χ1n) is 16.4. The van der Waals surface area contributed by atoms with Crippen molar-refractivity contribution in [3.05, 3.63) is 176 Å². The van der Waals surface area contributed by atoms with Crippen molar-refractivity contribution in [3.63, 3.8) is 0 Å². The Labute approximate surface area is 277 Å². The highest BCUT2D eigenvalue weighted by Crippen LogP contribution is 2.45. The zero-order valence-electron chi connectivity index (χ0n) is 26.1. The Bertz CT molecular complexity index is 2740. The molecule has 0 bridgehead atoms. The Morgan fingerprint density at radius 1 is 0.354 bits per heavy atom. The van der Waals surface area contributed by atoms with Crippen LogP contribution in [0.3, 0.4) is 0 Å². The number of hydrogen-bond donors (Lipinski definition) is 0. The lowest BCUT2D eigenvalue weighted by atomic mass is 9.91. The molecule has 3 nitrogen and oxygen atoms in total. The Balaban J connectivity index is 1.24. The van der Waals surface area contributed by atoms with E-state index in [0.717, 1.165) is 39.4 Å². The molecule has 0 N–H and O–H groups in total. The molecule has 0 radical (unpaired) electrons. The van der Waals surface area contributed by atoms with Crippen LogP contribution in [0.5, 0.6) is 0 Å². The maximum absolute atomic E-state index is 5.25. The first kappa shape index (κ1) is 26.7. The molecule has 0 aliphatic carbocycles. The van der Waals surface area contributed by atoms with E-state index in [4.69, 9.17) is 4.98 Å². The molecule has 0 fully saturated rings. The van der Waals surface area contributed by atoms with Crippen LogP contribution in [0.15, 0.2) is 176 Å². The molecule has 2 heterocycles. The number of benzene rings is 8. The molecule has 0 unspecified atom stereocenters. The van der Waals surface area contributed by atoms with Crippen LogP contribution >= 0.6 is 0 Å². The monoisotopic (exact) mass is 611 g/mol. The molecule has 3 heteroatoms. The highest BCUT2D eigenvalue weighted by Gasteiger charge is 2.22. The number of nitrogens with zero attached hydrogens (tertiary/aromatic N) is 3. The fourth-order valence-electron chi connectivity index (χ4n) is 7.60. The van der Waals surface area contributed by atoms with Crippen LogP contribution in [0.1, 0.15) is 0 Å². The lowest BCUT2D eigenvalue weighted by molar-refractivity contribution is 1.10. The van der Waals surface area contributed by atoms with Crippen molar-refractivity contribution in [1.29, 1.82) is 0 Å². The van der Waals surface area contributed by atoms with Crippen LogP contribution in [0, 0.1) is 0 Å². The van der Waals surface area contributed by atoms with Crippen molar-refractivity contribution >= 4 is 43.6 Å². The molecular weight excluding hydrogens is 583 g/mol. The second kappa shape index (κ2) is 10.5. The van der Waals surface area contributed by atoms with Gasteiger partial charge in [0.05, 0.1) is 22.1 Å². The van der Waals surface area contributed by atoms with Crippen LogP contribution in [-0.4, -0.2) is 14.1 Å². The Kier molecular flexibility index (Phi) is 5.87. The van der Waals surface area contributed by atoms with Gasteiger partial charge in [-0.15, -0.1) is 0 Å². The number of rotatable bonds is 5. The predicted octanol–water partition coefficient (Wildman–Crippen LogP) is 11.7. The highest BCUT2D eigenvalue weighted by atomic mass is 15.1. The summed E-state index contributed by atoms with van der Waals surface area (Å²) in [5, 5.41) is 5.11. The maximum atomic E-state index is 5.25. The topological polar surface area (TPSA) is 22.8 Å². The molecule has 0 saturated carbocycles. The lowest BCUT2D eigenvalue weighted by Gasteiger charge is -2.12. The van der Waals surface area contributed by atoms with Crippen molar-refractivity contribution in [2.45, 2.75) is 0 Å². The van der Waals surface area contributed by atoms with Crippen molar-refractivity contribution in [2.75, 3.05) is 0 Å². The van der Waals surface area contributed by atoms with E-state index in [9.17, 15) is 0 Å². The first-order chi connectivity index (χ1) is 23.8. The van der Waals surface area contributed by atoms with E-state index in [0.29, 0.717) is 0 Å². The molecule has 0 amide bonds. The van der Waals surface area contributed by atoms with Gasteiger partial charge in [-0.05, 0) is 81.6 Å². The second-order valence-electron chi connectivity index (χ2n) is 12.4. The van der Waals surface area contributed by atoms with E-state index in [-0.39, 0.29) is 0 Å². The summed E-state index contributed by atoms with van der Waals surface area (Å²) in [5.74, 6) is 0.939. The largest absolute Gasteiger partial charge is 0.309 e. The molecule has 10 rings (SSSR count). The van der Waals surface area contributed by atoms with Gasteiger partial charge in [-0.3, -0.25) is 4.57 Å². The molecule has 224 valence electrons. The third kappa shape index (κ3) is 3.98. The van der Waals surface area contributed by atoms with Gasteiger partial charge >= 0.3 is 0 Å². The van der Waals surface area contributed by atoms with E-state index in [2.05, 4.69) is 185 Å². The van der Waals surface area contributed by atoms with Crippen molar-refractivity contribution < 1.29 is 0 Å². The Morgan fingerprint density at radius 2 is 0.833 bits per heavy atom.